The minimum absolute atomic E-state index is 0.183. The molecule has 148 valence electrons. The fourth-order valence-electron chi connectivity index (χ4n) is 3.98. The largest absolute Gasteiger partial charge is 0.508 e. The van der Waals surface area contributed by atoms with Gasteiger partial charge in [-0.15, -0.1) is 0 Å². The molecule has 0 radical (unpaired) electrons. The first kappa shape index (κ1) is 18.0. The number of urea groups is 1. The lowest BCUT2D eigenvalue weighted by molar-refractivity contribution is 0.254. The van der Waals surface area contributed by atoms with E-state index in [1.165, 1.54) is 0 Å². The van der Waals surface area contributed by atoms with Gasteiger partial charge in [0.05, 0.1) is 17.4 Å². The predicted molar refractivity (Wildman–Crippen MR) is 116 cm³/mol. The van der Waals surface area contributed by atoms with Crippen LogP contribution in [0.4, 0.5) is 16.3 Å². The second-order valence-electron chi connectivity index (χ2n) is 7.22. The van der Waals surface area contributed by atoms with Crippen LogP contribution in [0.25, 0.3) is 5.69 Å². The van der Waals surface area contributed by atoms with Gasteiger partial charge in [0, 0.05) is 11.3 Å². The monoisotopic (exact) mass is 396 g/mol. The third-order valence-corrected chi connectivity index (χ3v) is 5.33. The molecule has 1 aliphatic rings. The van der Waals surface area contributed by atoms with Crippen molar-refractivity contribution in [3.05, 3.63) is 102 Å². The number of benzene rings is 3. The van der Waals surface area contributed by atoms with Crippen LogP contribution in [0, 0.1) is 6.92 Å². The number of fused-ring (bicyclic) bond motifs is 1. The van der Waals surface area contributed by atoms with Crippen LogP contribution in [0.1, 0.15) is 22.9 Å². The number of hydrogen-bond acceptors (Lipinski definition) is 3. The fraction of sp³-hybridized carbons (Fsp3) is 0.0833. The zero-order chi connectivity index (χ0) is 20.7. The highest BCUT2D eigenvalue weighted by Gasteiger charge is 2.39. The van der Waals surface area contributed by atoms with E-state index in [4.69, 9.17) is 5.10 Å². The van der Waals surface area contributed by atoms with Gasteiger partial charge in [0.2, 0.25) is 0 Å². The van der Waals surface area contributed by atoms with E-state index in [1.54, 1.807) is 21.7 Å². The summed E-state index contributed by atoms with van der Waals surface area (Å²) in [5.74, 6) is 0.844. The van der Waals surface area contributed by atoms with Crippen LogP contribution >= 0.6 is 0 Å². The van der Waals surface area contributed by atoms with Crippen LogP contribution < -0.4 is 10.2 Å². The summed E-state index contributed by atoms with van der Waals surface area (Å²) in [6, 6.07) is 25.7. The first-order valence-electron chi connectivity index (χ1n) is 9.72. The van der Waals surface area contributed by atoms with E-state index in [0.717, 1.165) is 28.2 Å². The molecule has 30 heavy (non-hydrogen) atoms. The first-order valence-corrected chi connectivity index (χ1v) is 9.72. The predicted octanol–water partition coefficient (Wildman–Crippen LogP) is 5.03. The maximum Gasteiger partial charge on any atom is 0.328 e. The molecule has 0 aliphatic carbocycles. The zero-order valence-electron chi connectivity index (χ0n) is 16.4. The molecule has 4 aromatic rings. The second kappa shape index (κ2) is 7.08. The summed E-state index contributed by atoms with van der Waals surface area (Å²) in [4.78, 5) is 15.1. The molecule has 0 fully saturated rings. The van der Waals surface area contributed by atoms with E-state index in [1.807, 2.05) is 79.7 Å². The number of aromatic hydroxyl groups is 1. The van der Waals surface area contributed by atoms with Crippen molar-refractivity contribution in [3.8, 4) is 11.4 Å². The van der Waals surface area contributed by atoms with Gasteiger partial charge in [0.25, 0.3) is 0 Å². The number of phenols is 1. The second-order valence-corrected chi connectivity index (χ2v) is 7.22. The number of para-hydroxylation sites is 2. The van der Waals surface area contributed by atoms with Crippen molar-refractivity contribution in [1.29, 1.82) is 0 Å². The summed E-state index contributed by atoms with van der Waals surface area (Å²) in [5.41, 5.74) is 4.30. The number of aromatic nitrogens is 2. The third-order valence-electron chi connectivity index (χ3n) is 5.33. The fourth-order valence-corrected chi connectivity index (χ4v) is 3.98. The summed E-state index contributed by atoms with van der Waals surface area (Å²) in [5, 5.41) is 17.6. The summed E-state index contributed by atoms with van der Waals surface area (Å²) in [7, 11) is 0. The third kappa shape index (κ3) is 2.90. The molecule has 0 unspecified atom stereocenters. The Kier molecular flexibility index (Phi) is 4.25. The quantitative estimate of drug-likeness (QED) is 0.510. The molecule has 6 heteroatoms. The Morgan fingerprint density at radius 3 is 2.10 bits per heavy atom. The van der Waals surface area contributed by atoms with Crippen molar-refractivity contribution >= 4 is 17.5 Å². The van der Waals surface area contributed by atoms with E-state index in [-0.39, 0.29) is 17.8 Å². The maximum atomic E-state index is 13.3. The Labute approximate surface area is 174 Å². The van der Waals surface area contributed by atoms with Gasteiger partial charge in [-0.1, -0.05) is 48.5 Å². The molecular weight excluding hydrogens is 376 g/mol. The molecular formula is C24H20N4O2. The maximum absolute atomic E-state index is 13.3. The average Bonchev–Trinajstić information content (AvgIpc) is 3.10. The van der Waals surface area contributed by atoms with Gasteiger partial charge in [0.15, 0.2) is 0 Å². The molecule has 2 N–H and O–H groups in total. The van der Waals surface area contributed by atoms with Gasteiger partial charge in [-0.3, -0.25) is 10.2 Å². The molecule has 1 aromatic heterocycles. The number of rotatable bonds is 3. The molecule has 3 aromatic carbocycles. The molecule has 1 atom stereocenters. The number of nitrogens with one attached hydrogen (secondary N) is 1. The number of carbonyl (C=O) groups is 1. The Bertz CT molecular complexity index is 1200. The van der Waals surface area contributed by atoms with Crippen molar-refractivity contribution in [2.75, 3.05) is 10.2 Å². The first-order chi connectivity index (χ1) is 14.6. The van der Waals surface area contributed by atoms with E-state index in [0.29, 0.717) is 5.82 Å². The number of aryl methyl sites for hydroxylation is 1. The Morgan fingerprint density at radius 1 is 0.867 bits per heavy atom. The van der Waals surface area contributed by atoms with Crippen LogP contribution in [0.5, 0.6) is 5.75 Å². The van der Waals surface area contributed by atoms with Crippen molar-refractivity contribution in [3.63, 3.8) is 0 Å². The summed E-state index contributed by atoms with van der Waals surface area (Å²) >= 11 is 0. The van der Waals surface area contributed by atoms with Gasteiger partial charge >= 0.3 is 6.03 Å². The molecule has 5 rings (SSSR count). The number of amides is 2. The molecule has 2 amide bonds. The highest BCUT2D eigenvalue weighted by molar-refractivity contribution is 6.05. The van der Waals surface area contributed by atoms with Gasteiger partial charge < -0.3 is 5.11 Å². The molecule has 2 heterocycles. The number of nitrogens with zero attached hydrogens (tertiary/aromatic N) is 3. The van der Waals surface area contributed by atoms with Crippen molar-refractivity contribution in [2.45, 2.75) is 13.0 Å². The molecule has 0 spiro atoms. The van der Waals surface area contributed by atoms with Crippen LogP contribution in [-0.2, 0) is 0 Å². The van der Waals surface area contributed by atoms with E-state index in [9.17, 15) is 9.90 Å². The summed E-state index contributed by atoms with van der Waals surface area (Å²) in [6.45, 7) is 1.95. The molecule has 0 bridgehead atoms. The minimum Gasteiger partial charge on any atom is -0.508 e. The lowest BCUT2D eigenvalue weighted by Gasteiger charge is -2.36. The van der Waals surface area contributed by atoms with Crippen LogP contribution in [0.3, 0.4) is 0 Å². The Morgan fingerprint density at radius 2 is 1.47 bits per heavy atom. The van der Waals surface area contributed by atoms with Crippen molar-refractivity contribution in [2.24, 2.45) is 0 Å². The molecule has 1 aliphatic heterocycles. The van der Waals surface area contributed by atoms with Crippen LogP contribution in [-0.4, -0.2) is 20.9 Å². The van der Waals surface area contributed by atoms with Gasteiger partial charge in [0.1, 0.15) is 11.6 Å². The van der Waals surface area contributed by atoms with Gasteiger partial charge in [-0.05, 0) is 48.9 Å². The van der Waals surface area contributed by atoms with Crippen LogP contribution in [0.2, 0.25) is 0 Å². The molecule has 0 saturated heterocycles. The van der Waals surface area contributed by atoms with Crippen molar-refractivity contribution in [1.82, 2.24) is 9.78 Å². The SMILES string of the molecule is Cc1nn(-c2ccccc2)c2c1[C@H](c1ccc(O)cc1)N(c1ccccc1)C(=O)N2. The highest BCUT2D eigenvalue weighted by Crippen LogP contribution is 2.43. The lowest BCUT2D eigenvalue weighted by Crippen LogP contribution is -2.43. The van der Waals surface area contributed by atoms with E-state index < -0.39 is 0 Å². The zero-order valence-corrected chi connectivity index (χ0v) is 16.4. The number of carbonyl (C=O) groups excluding carboxylic acids is 1. The Hall–Kier alpha value is -4.06. The summed E-state index contributed by atoms with van der Waals surface area (Å²) in [6.07, 6.45) is 0. The van der Waals surface area contributed by atoms with E-state index >= 15 is 0 Å². The van der Waals surface area contributed by atoms with Crippen molar-refractivity contribution < 1.29 is 9.90 Å². The average molecular weight is 396 g/mol. The summed E-state index contributed by atoms with van der Waals surface area (Å²) < 4.78 is 1.78. The number of hydrogen-bond donors (Lipinski definition) is 2. The topological polar surface area (TPSA) is 70.4 Å². The number of phenolic OH excluding ortho intramolecular Hbond substituents is 1. The minimum atomic E-state index is -0.380. The lowest BCUT2D eigenvalue weighted by atomic mass is 9.94. The number of anilines is 2. The van der Waals surface area contributed by atoms with Gasteiger partial charge in [-0.2, -0.15) is 5.10 Å². The van der Waals surface area contributed by atoms with Crippen LogP contribution in [0.15, 0.2) is 84.9 Å². The normalized spacial score (nSPS) is 15.6. The Balaban J connectivity index is 1.74. The highest BCUT2D eigenvalue weighted by atomic mass is 16.3. The van der Waals surface area contributed by atoms with E-state index in [2.05, 4.69) is 5.32 Å². The van der Waals surface area contributed by atoms with Gasteiger partial charge in [-0.25, -0.2) is 9.48 Å². The molecule has 6 nitrogen and oxygen atoms in total. The smallest absolute Gasteiger partial charge is 0.328 e. The molecule has 0 saturated carbocycles. The standard InChI is InChI=1S/C24H20N4O2/c1-16-21-22(17-12-14-20(29)15-13-17)27(18-8-4-2-5-9-18)24(30)25-23(21)28(26-16)19-10-6-3-7-11-19/h2-15,22,29H,1H3,(H,25,30)/t22-/m0/s1.